The van der Waals surface area contributed by atoms with E-state index in [1.165, 1.54) is 11.8 Å². The fraction of sp³-hybridized carbons (Fsp3) is 0.385. The molecule has 0 radical (unpaired) electrons. The van der Waals surface area contributed by atoms with Crippen LogP contribution in [0, 0.1) is 0 Å². The van der Waals surface area contributed by atoms with Gasteiger partial charge in [-0.2, -0.15) is 0 Å². The molecule has 1 aliphatic rings. The maximum Gasteiger partial charge on any atom is 0.247 e. The van der Waals surface area contributed by atoms with E-state index in [0.717, 1.165) is 32.1 Å². The minimum atomic E-state index is -0.758. The molecule has 1 aliphatic heterocycles. The van der Waals surface area contributed by atoms with Crippen molar-refractivity contribution in [3.8, 4) is 0 Å². The van der Waals surface area contributed by atoms with Crippen LogP contribution in [0.5, 0.6) is 0 Å². The Labute approximate surface area is 209 Å². The molecule has 1 aromatic heterocycles. The molecular weight excluding hydrogens is 466 g/mol. The lowest BCUT2D eigenvalue weighted by atomic mass is 10.0. The maximum atomic E-state index is 13.8. The van der Waals surface area contributed by atoms with Crippen LogP contribution in [0.3, 0.4) is 0 Å². The highest BCUT2D eigenvalue weighted by molar-refractivity contribution is 8.00. The standard InChI is InChI=1S/C26H31N3O3S2/c1-17(2)32-14-8-13-27-25(31)24-23-20-11-5-6-12-21(20)28(3)26(23)34-16-22(30)29(24)18-9-7-10-19(15-18)33-4/h5-7,9-12,15,17,24H,8,13-14,16H2,1-4H3,(H,27,31). The highest BCUT2D eigenvalue weighted by atomic mass is 32.2. The molecule has 0 saturated carbocycles. The zero-order valence-corrected chi connectivity index (χ0v) is 21.7. The number of para-hydroxylation sites is 1. The molecule has 8 heteroatoms. The Kier molecular flexibility index (Phi) is 7.91. The van der Waals surface area contributed by atoms with Crippen molar-refractivity contribution in [3.05, 3.63) is 54.1 Å². The topological polar surface area (TPSA) is 63.6 Å². The first-order valence-corrected chi connectivity index (χ1v) is 13.7. The summed E-state index contributed by atoms with van der Waals surface area (Å²) >= 11 is 3.12. The number of aryl methyl sites for hydroxylation is 1. The van der Waals surface area contributed by atoms with Gasteiger partial charge in [0.2, 0.25) is 11.8 Å². The van der Waals surface area contributed by atoms with E-state index in [-0.39, 0.29) is 23.7 Å². The number of benzene rings is 2. The summed E-state index contributed by atoms with van der Waals surface area (Å²) < 4.78 is 7.71. The largest absolute Gasteiger partial charge is 0.379 e. The molecule has 0 saturated heterocycles. The van der Waals surface area contributed by atoms with Crippen LogP contribution < -0.4 is 10.2 Å². The van der Waals surface area contributed by atoms with Crippen molar-refractivity contribution in [2.45, 2.75) is 42.3 Å². The van der Waals surface area contributed by atoms with E-state index in [1.54, 1.807) is 16.7 Å². The van der Waals surface area contributed by atoms with E-state index in [4.69, 9.17) is 4.74 Å². The average Bonchev–Trinajstić information content (AvgIpc) is 3.01. The molecular formula is C26H31N3O3S2. The number of amides is 2. The smallest absolute Gasteiger partial charge is 0.247 e. The molecule has 0 spiro atoms. The quantitative estimate of drug-likeness (QED) is 0.350. The second kappa shape index (κ2) is 10.9. The summed E-state index contributed by atoms with van der Waals surface area (Å²) in [6.07, 6.45) is 2.87. The molecule has 0 aliphatic carbocycles. The van der Waals surface area contributed by atoms with Crippen molar-refractivity contribution in [3.63, 3.8) is 0 Å². The maximum absolute atomic E-state index is 13.8. The highest BCUT2D eigenvalue weighted by Gasteiger charge is 2.39. The Balaban J connectivity index is 1.77. The number of hydrogen-bond acceptors (Lipinski definition) is 5. The van der Waals surface area contributed by atoms with Gasteiger partial charge in [0.25, 0.3) is 0 Å². The minimum Gasteiger partial charge on any atom is -0.379 e. The fourth-order valence-corrected chi connectivity index (χ4v) is 5.83. The summed E-state index contributed by atoms with van der Waals surface area (Å²) in [6, 6.07) is 15.2. The predicted octanol–water partition coefficient (Wildman–Crippen LogP) is 5.01. The van der Waals surface area contributed by atoms with E-state index < -0.39 is 6.04 Å². The van der Waals surface area contributed by atoms with Gasteiger partial charge in [-0.05, 0) is 50.8 Å². The molecule has 2 aromatic carbocycles. The first kappa shape index (κ1) is 24.7. The van der Waals surface area contributed by atoms with Gasteiger partial charge in [0.05, 0.1) is 16.9 Å². The average molecular weight is 498 g/mol. The van der Waals surface area contributed by atoms with Gasteiger partial charge >= 0.3 is 0 Å². The number of aromatic nitrogens is 1. The van der Waals surface area contributed by atoms with E-state index in [0.29, 0.717) is 19.6 Å². The molecule has 2 heterocycles. The summed E-state index contributed by atoms with van der Waals surface area (Å²) in [7, 11) is 2.00. The van der Waals surface area contributed by atoms with Crippen LogP contribution >= 0.6 is 23.5 Å². The number of carbonyl (C=O) groups excluding carboxylic acids is 2. The van der Waals surface area contributed by atoms with Gasteiger partial charge < -0.3 is 14.6 Å². The van der Waals surface area contributed by atoms with Gasteiger partial charge in [-0.1, -0.05) is 36.0 Å². The first-order valence-electron chi connectivity index (χ1n) is 11.5. The van der Waals surface area contributed by atoms with Gasteiger partial charge in [-0.15, -0.1) is 11.8 Å². The van der Waals surface area contributed by atoms with Crippen molar-refractivity contribution in [2.24, 2.45) is 7.05 Å². The first-order chi connectivity index (χ1) is 16.4. The molecule has 1 atom stereocenters. The summed E-state index contributed by atoms with van der Waals surface area (Å²) in [5.41, 5.74) is 2.68. The molecule has 1 unspecified atom stereocenters. The van der Waals surface area contributed by atoms with Crippen LogP contribution in [-0.4, -0.2) is 47.6 Å². The number of hydrogen-bond donors (Lipinski definition) is 1. The van der Waals surface area contributed by atoms with E-state index in [1.807, 2.05) is 69.6 Å². The third-order valence-electron chi connectivity index (χ3n) is 5.87. The van der Waals surface area contributed by atoms with Crippen LogP contribution in [0.25, 0.3) is 10.9 Å². The Morgan fingerprint density at radius 2 is 2.03 bits per heavy atom. The second-order valence-corrected chi connectivity index (χ2v) is 10.4. The molecule has 0 fully saturated rings. The molecule has 1 N–H and O–H groups in total. The summed E-state index contributed by atoms with van der Waals surface area (Å²) in [5.74, 6) is 0.0199. The zero-order chi connectivity index (χ0) is 24.2. The Morgan fingerprint density at radius 1 is 1.24 bits per heavy atom. The zero-order valence-electron chi connectivity index (χ0n) is 20.0. The number of ether oxygens (including phenoxy) is 1. The molecule has 3 aromatic rings. The molecule has 34 heavy (non-hydrogen) atoms. The normalized spacial score (nSPS) is 16.1. The number of rotatable bonds is 8. The number of nitrogens with zero attached hydrogens (tertiary/aromatic N) is 2. The van der Waals surface area contributed by atoms with E-state index in [9.17, 15) is 9.59 Å². The van der Waals surface area contributed by atoms with Gasteiger partial charge in [0.15, 0.2) is 0 Å². The second-order valence-electron chi connectivity index (χ2n) is 8.52. The van der Waals surface area contributed by atoms with Gasteiger partial charge in [0, 0.05) is 47.2 Å². The predicted molar refractivity (Wildman–Crippen MR) is 141 cm³/mol. The number of anilines is 1. The SMILES string of the molecule is CSc1cccc(N2C(=O)CSc3c(c4ccccc4n3C)C2C(=O)NCCCOC(C)C)c1. The third kappa shape index (κ3) is 4.99. The molecule has 4 rings (SSSR count). The lowest BCUT2D eigenvalue weighted by Gasteiger charge is -2.30. The van der Waals surface area contributed by atoms with E-state index in [2.05, 4.69) is 16.0 Å². The van der Waals surface area contributed by atoms with E-state index >= 15 is 0 Å². The van der Waals surface area contributed by atoms with Crippen LogP contribution in [0.1, 0.15) is 31.9 Å². The number of thioether (sulfide) groups is 2. The summed E-state index contributed by atoms with van der Waals surface area (Å²) in [6.45, 7) is 5.06. The Bertz CT molecular complexity index is 1190. The molecule has 180 valence electrons. The number of carbonyl (C=O) groups is 2. The van der Waals surface area contributed by atoms with Crippen LogP contribution in [0.4, 0.5) is 5.69 Å². The lowest BCUT2D eigenvalue weighted by molar-refractivity contribution is -0.125. The van der Waals surface area contributed by atoms with Crippen molar-refractivity contribution < 1.29 is 14.3 Å². The van der Waals surface area contributed by atoms with Crippen molar-refractivity contribution in [1.29, 1.82) is 0 Å². The van der Waals surface area contributed by atoms with Crippen LogP contribution in [0.2, 0.25) is 0 Å². The monoisotopic (exact) mass is 497 g/mol. The highest BCUT2D eigenvalue weighted by Crippen LogP contribution is 2.43. The van der Waals surface area contributed by atoms with Crippen molar-refractivity contribution >= 4 is 51.9 Å². The Morgan fingerprint density at radius 3 is 2.79 bits per heavy atom. The molecule has 2 amide bonds. The van der Waals surface area contributed by atoms with Crippen molar-refractivity contribution in [2.75, 3.05) is 30.1 Å². The lowest BCUT2D eigenvalue weighted by Crippen LogP contribution is -2.44. The van der Waals surface area contributed by atoms with Gasteiger partial charge in [-0.25, -0.2) is 0 Å². The number of nitrogens with one attached hydrogen (secondary N) is 1. The minimum absolute atomic E-state index is 0.0770. The third-order valence-corrected chi connectivity index (χ3v) is 7.76. The summed E-state index contributed by atoms with van der Waals surface area (Å²) in [5, 5.41) is 5.04. The Hall–Kier alpha value is -2.42. The van der Waals surface area contributed by atoms with Crippen LogP contribution in [0.15, 0.2) is 58.5 Å². The fourth-order valence-electron chi connectivity index (χ4n) is 4.31. The molecule has 6 nitrogen and oxygen atoms in total. The van der Waals surface area contributed by atoms with Crippen LogP contribution in [-0.2, 0) is 21.4 Å². The number of fused-ring (bicyclic) bond motifs is 3. The van der Waals surface area contributed by atoms with Gasteiger partial charge in [-0.3, -0.25) is 14.5 Å². The summed E-state index contributed by atoms with van der Waals surface area (Å²) in [4.78, 5) is 30.0. The van der Waals surface area contributed by atoms with Crippen molar-refractivity contribution in [1.82, 2.24) is 9.88 Å². The molecule has 0 bridgehead atoms. The van der Waals surface area contributed by atoms with Gasteiger partial charge in [0.1, 0.15) is 6.04 Å².